The Labute approximate surface area is 207 Å². The van der Waals surface area contributed by atoms with Crippen LogP contribution < -0.4 is 15.4 Å². The van der Waals surface area contributed by atoms with Crippen molar-refractivity contribution in [3.63, 3.8) is 0 Å². The maximum absolute atomic E-state index is 14.1. The second-order valence-corrected chi connectivity index (χ2v) is 9.03. The predicted molar refractivity (Wildman–Crippen MR) is 133 cm³/mol. The molecule has 2 saturated heterocycles. The monoisotopic (exact) mass is 494 g/mol. The van der Waals surface area contributed by atoms with E-state index in [0.717, 1.165) is 13.1 Å². The standard InChI is InChI=1S/C26H28F2N6O2/c27-21-6-2-1-5-20(21)25(36)33-13-15-34(16-14-33)26-29-19(17-24(35)30-26)18-31-9-11-32(12-10-31)23-8-4-3-7-22(23)28/h1-8,17H,9-16,18H2,(H,29,30,35). The molecule has 0 saturated carbocycles. The van der Waals surface area contributed by atoms with Crippen molar-refractivity contribution in [3.8, 4) is 0 Å². The molecule has 1 N–H and O–H groups in total. The molecule has 1 amide bonds. The summed E-state index contributed by atoms with van der Waals surface area (Å²) in [6, 6.07) is 14.3. The van der Waals surface area contributed by atoms with Gasteiger partial charge in [0.15, 0.2) is 0 Å². The van der Waals surface area contributed by atoms with Crippen molar-refractivity contribution >= 4 is 17.5 Å². The molecule has 0 atom stereocenters. The summed E-state index contributed by atoms with van der Waals surface area (Å²) < 4.78 is 28.1. The number of carbonyl (C=O) groups is 1. The van der Waals surface area contributed by atoms with Crippen LogP contribution in [0.4, 0.5) is 20.4 Å². The van der Waals surface area contributed by atoms with Gasteiger partial charge >= 0.3 is 0 Å². The molecule has 0 unspecified atom stereocenters. The molecule has 5 rings (SSSR count). The van der Waals surface area contributed by atoms with Gasteiger partial charge in [0.1, 0.15) is 11.6 Å². The minimum atomic E-state index is -0.529. The first kappa shape index (κ1) is 23.9. The molecule has 2 fully saturated rings. The molecule has 2 aliphatic heterocycles. The number of aromatic nitrogens is 2. The highest BCUT2D eigenvalue weighted by Crippen LogP contribution is 2.21. The number of carbonyl (C=O) groups excluding carboxylic acids is 1. The van der Waals surface area contributed by atoms with Crippen LogP contribution in [0.3, 0.4) is 0 Å². The zero-order chi connectivity index (χ0) is 25.1. The smallest absolute Gasteiger partial charge is 0.256 e. The summed E-state index contributed by atoms with van der Waals surface area (Å²) in [5, 5.41) is 0. The van der Waals surface area contributed by atoms with Gasteiger partial charge in [-0.3, -0.25) is 19.5 Å². The normalized spacial score (nSPS) is 16.9. The van der Waals surface area contributed by atoms with E-state index in [9.17, 15) is 18.4 Å². The minimum absolute atomic E-state index is 0.0644. The Bertz CT molecular complexity index is 1280. The first-order chi connectivity index (χ1) is 17.5. The number of para-hydroxylation sites is 1. The topological polar surface area (TPSA) is 75.8 Å². The van der Waals surface area contributed by atoms with Crippen LogP contribution in [0.25, 0.3) is 0 Å². The van der Waals surface area contributed by atoms with E-state index in [4.69, 9.17) is 0 Å². The lowest BCUT2D eigenvalue weighted by Crippen LogP contribution is -2.50. The third-order valence-electron chi connectivity index (χ3n) is 6.70. The second kappa shape index (κ2) is 10.4. The number of hydrogen-bond acceptors (Lipinski definition) is 6. The summed E-state index contributed by atoms with van der Waals surface area (Å²) in [4.78, 5) is 40.3. The number of H-pyrrole nitrogens is 1. The highest BCUT2D eigenvalue weighted by atomic mass is 19.1. The van der Waals surface area contributed by atoms with Crippen molar-refractivity contribution in [2.75, 3.05) is 62.2 Å². The Morgan fingerprint density at radius 2 is 1.47 bits per heavy atom. The molecule has 36 heavy (non-hydrogen) atoms. The summed E-state index contributed by atoms with van der Waals surface area (Å²) in [6.07, 6.45) is 0. The van der Waals surface area contributed by atoms with Gasteiger partial charge in [-0.05, 0) is 24.3 Å². The van der Waals surface area contributed by atoms with Gasteiger partial charge < -0.3 is 14.7 Å². The average molecular weight is 495 g/mol. The highest BCUT2D eigenvalue weighted by molar-refractivity contribution is 5.94. The van der Waals surface area contributed by atoms with Gasteiger partial charge in [-0.1, -0.05) is 24.3 Å². The molecule has 8 nitrogen and oxygen atoms in total. The first-order valence-corrected chi connectivity index (χ1v) is 12.1. The predicted octanol–water partition coefficient (Wildman–Crippen LogP) is 2.33. The number of rotatable bonds is 5. The Balaban J connectivity index is 1.19. The zero-order valence-corrected chi connectivity index (χ0v) is 19.9. The summed E-state index contributed by atoms with van der Waals surface area (Å²) in [7, 11) is 0. The number of hydrogen-bond donors (Lipinski definition) is 1. The molecule has 3 aromatic rings. The minimum Gasteiger partial charge on any atom is -0.367 e. The highest BCUT2D eigenvalue weighted by Gasteiger charge is 2.26. The Morgan fingerprint density at radius 1 is 0.833 bits per heavy atom. The number of amides is 1. The van der Waals surface area contributed by atoms with Crippen LogP contribution in [0.5, 0.6) is 0 Å². The van der Waals surface area contributed by atoms with Crippen molar-refractivity contribution in [2.45, 2.75) is 6.54 Å². The lowest BCUT2D eigenvalue weighted by Gasteiger charge is -2.36. The molecule has 1 aromatic heterocycles. The van der Waals surface area contributed by atoms with E-state index >= 15 is 0 Å². The van der Waals surface area contributed by atoms with E-state index < -0.39 is 5.82 Å². The number of aromatic amines is 1. The number of halogens is 2. The van der Waals surface area contributed by atoms with Crippen LogP contribution in [-0.4, -0.2) is 78.0 Å². The maximum Gasteiger partial charge on any atom is 0.256 e. The van der Waals surface area contributed by atoms with E-state index in [1.54, 1.807) is 29.2 Å². The van der Waals surface area contributed by atoms with Crippen molar-refractivity contribution in [2.24, 2.45) is 0 Å². The fraction of sp³-hybridized carbons (Fsp3) is 0.346. The molecule has 0 spiro atoms. The van der Waals surface area contributed by atoms with Crippen LogP contribution in [-0.2, 0) is 6.54 Å². The number of nitrogens with zero attached hydrogens (tertiary/aromatic N) is 5. The van der Waals surface area contributed by atoms with E-state index in [2.05, 4.69) is 14.9 Å². The molecular formula is C26H28F2N6O2. The van der Waals surface area contributed by atoms with Crippen LogP contribution in [0.1, 0.15) is 16.1 Å². The largest absolute Gasteiger partial charge is 0.367 e. The van der Waals surface area contributed by atoms with Crippen molar-refractivity contribution in [1.29, 1.82) is 0 Å². The summed E-state index contributed by atoms with van der Waals surface area (Å²) in [6.45, 7) is 5.13. The van der Waals surface area contributed by atoms with E-state index in [0.29, 0.717) is 63.1 Å². The third kappa shape index (κ3) is 5.23. The van der Waals surface area contributed by atoms with Gasteiger partial charge in [0.25, 0.3) is 11.5 Å². The van der Waals surface area contributed by atoms with Crippen LogP contribution >= 0.6 is 0 Å². The summed E-state index contributed by atoms with van der Waals surface area (Å²) in [5.74, 6) is -0.612. The quantitative estimate of drug-likeness (QED) is 0.587. The van der Waals surface area contributed by atoms with Crippen LogP contribution in [0.2, 0.25) is 0 Å². The average Bonchev–Trinajstić information content (AvgIpc) is 2.89. The van der Waals surface area contributed by atoms with Gasteiger partial charge in [-0.15, -0.1) is 0 Å². The maximum atomic E-state index is 14.1. The fourth-order valence-electron chi connectivity index (χ4n) is 4.74. The molecule has 0 radical (unpaired) electrons. The van der Waals surface area contributed by atoms with Crippen molar-refractivity contribution in [3.05, 3.63) is 87.8 Å². The van der Waals surface area contributed by atoms with E-state index in [-0.39, 0.29) is 22.8 Å². The van der Waals surface area contributed by atoms with Gasteiger partial charge in [0.05, 0.1) is 16.9 Å². The Kier molecular flexibility index (Phi) is 6.95. The van der Waals surface area contributed by atoms with Crippen molar-refractivity contribution < 1.29 is 13.6 Å². The lowest BCUT2D eigenvalue weighted by molar-refractivity contribution is 0.0741. The van der Waals surface area contributed by atoms with Crippen LogP contribution in [0, 0.1) is 11.6 Å². The number of benzene rings is 2. The molecule has 2 aliphatic rings. The summed E-state index contributed by atoms with van der Waals surface area (Å²) in [5.41, 5.74) is 1.11. The number of piperazine rings is 2. The second-order valence-electron chi connectivity index (χ2n) is 9.03. The molecule has 188 valence electrons. The Hall–Kier alpha value is -3.79. The molecule has 2 aromatic carbocycles. The van der Waals surface area contributed by atoms with Crippen molar-refractivity contribution in [1.82, 2.24) is 19.8 Å². The van der Waals surface area contributed by atoms with Gasteiger partial charge in [-0.25, -0.2) is 13.8 Å². The fourth-order valence-corrected chi connectivity index (χ4v) is 4.74. The molecule has 10 heteroatoms. The van der Waals surface area contributed by atoms with E-state index in [1.807, 2.05) is 15.9 Å². The molecule has 3 heterocycles. The van der Waals surface area contributed by atoms with E-state index in [1.165, 1.54) is 24.3 Å². The van der Waals surface area contributed by atoms with Crippen LogP contribution in [0.15, 0.2) is 59.4 Å². The molecular weight excluding hydrogens is 466 g/mol. The third-order valence-corrected chi connectivity index (χ3v) is 6.70. The van der Waals surface area contributed by atoms with Gasteiger partial charge in [-0.2, -0.15) is 0 Å². The number of anilines is 2. The molecule has 0 aliphatic carbocycles. The molecule has 0 bridgehead atoms. The first-order valence-electron chi connectivity index (χ1n) is 12.1. The zero-order valence-electron chi connectivity index (χ0n) is 19.9. The summed E-state index contributed by atoms with van der Waals surface area (Å²) >= 11 is 0. The lowest BCUT2D eigenvalue weighted by atomic mass is 10.1. The van der Waals surface area contributed by atoms with Gasteiger partial charge in [0.2, 0.25) is 5.95 Å². The SMILES string of the molecule is O=C(c1ccccc1F)N1CCN(c2nc(CN3CCN(c4ccccc4F)CC3)cc(=O)[nH]2)CC1. The Morgan fingerprint density at radius 3 is 2.17 bits per heavy atom. The van der Waals surface area contributed by atoms with Gasteiger partial charge in [0, 0.05) is 65.0 Å². The number of nitrogens with one attached hydrogen (secondary N) is 1.